The Hall–Kier alpha value is -2.63. The highest BCUT2D eigenvalue weighted by molar-refractivity contribution is 5.71. The quantitative estimate of drug-likeness (QED) is 0.0261. The molecule has 0 rings (SSSR count). The van der Waals surface area contributed by atoms with Gasteiger partial charge in [0.15, 0.2) is 6.10 Å². The highest BCUT2D eigenvalue weighted by Gasteiger charge is 2.19. The minimum absolute atomic E-state index is 0.0764. The maximum absolute atomic E-state index is 12.9. The first-order valence-corrected chi connectivity index (χ1v) is 34.1. The molecule has 0 bridgehead atoms. The monoisotopic (exact) mass is 1080 g/mol. The second kappa shape index (κ2) is 65.9. The average molecular weight is 1080 g/mol. The van der Waals surface area contributed by atoms with E-state index in [0.29, 0.717) is 19.3 Å². The second-order valence-electron chi connectivity index (χ2n) is 23.1. The smallest absolute Gasteiger partial charge is 0.306 e. The molecule has 0 aliphatic rings. The van der Waals surface area contributed by atoms with Gasteiger partial charge in [-0.15, -0.1) is 0 Å². The zero-order valence-electron chi connectivity index (χ0n) is 51.7. The van der Waals surface area contributed by atoms with Crippen molar-refractivity contribution < 1.29 is 28.6 Å². The van der Waals surface area contributed by atoms with E-state index in [0.717, 1.165) is 83.5 Å². The largest absolute Gasteiger partial charge is 0.462 e. The molecule has 77 heavy (non-hydrogen) atoms. The number of hydrogen-bond acceptors (Lipinski definition) is 6. The van der Waals surface area contributed by atoms with E-state index in [1.54, 1.807) is 0 Å². The minimum Gasteiger partial charge on any atom is -0.462 e. The van der Waals surface area contributed by atoms with Crippen molar-refractivity contribution >= 4 is 17.9 Å². The molecule has 0 heterocycles. The van der Waals surface area contributed by atoms with Gasteiger partial charge in [-0.25, -0.2) is 0 Å². The molecule has 0 unspecified atom stereocenters. The molecule has 0 saturated heterocycles. The molecule has 6 nitrogen and oxygen atoms in total. The topological polar surface area (TPSA) is 78.9 Å². The number of ether oxygens (including phenoxy) is 3. The number of esters is 3. The van der Waals surface area contributed by atoms with Gasteiger partial charge in [-0.2, -0.15) is 0 Å². The Labute approximate surface area is 479 Å². The molecule has 450 valence electrons. The number of carbonyl (C=O) groups is 3. The summed E-state index contributed by atoms with van der Waals surface area (Å²) in [6.07, 6.45) is 82.7. The lowest BCUT2D eigenvalue weighted by Gasteiger charge is -2.18. The predicted molar refractivity (Wildman–Crippen MR) is 335 cm³/mol. The molecule has 0 radical (unpaired) electrons. The van der Waals surface area contributed by atoms with Crippen LogP contribution in [0.1, 0.15) is 367 Å². The first kappa shape index (κ1) is 74.4. The van der Waals surface area contributed by atoms with Crippen LogP contribution in [0.4, 0.5) is 0 Å². The van der Waals surface area contributed by atoms with Crippen LogP contribution in [0.25, 0.3) is 0 Å². The molecule has 0 spiro atoms. The first-order chi connectivity index (χ1) is 38.0. The van der Waals surface area contributed by atoms with Crippen LogP contribution in [0.15, 0.2) is 48.6 Å². The van der Waals surface area contributed by atoms with Gasteiger partial charge in [0, 0.05) is 19.3 Å². The van der Waals surface area contributed by atoms with Crippen molar-refractivity contribution in [3.63, 3.8) is 0 Å². The maximum atomic E-state index is 12.9. The minimum atomic E-state index is -0.782. The van der Waals surface area contributed by atoms with Gasteiger partial charge in [0.25, 0.3) is 0 Å². The van der Waals surface area contributed by atoms with Crippen molar-refractivity contribution in [2.75, 3.05) is 13.2 Å². The number of unbranched alkanes of at least 4 members (excludes halogenated alkanes) is 44. The third-order valence-corrected chi connectivity index (χ3v) is 15.3. The van der Waals surface area contributed by atoms with Crippen LogP contribution in [0, 0.1) is 0 Å². The molecule has 0 N–H and O–H groups in total. The summed E-state index contributed by atoms with van der Waals surface area (Å²) < 4.78 is 17.0. The van der Waals surface area contributed by atoms with Gasteiger partial charge in [-0.1, -0.05) is 313 Å². The number of rotatable bonds is 63. The lowest BCUT2D eigenvalue weighted by atomic mass is 10.0. The third-order valence-electron chi connectivity index (χ3n) is 15.3. The fourth-order valence-corrected chi connectivity index (χ4v) is 10.2. The first-order valence-electron chi connectivity index (χ1n) is 34.1. The van der Waals surface area contributed by atoms with Gasteiger partial charge in [0.1, 0.15) is 13.2 Å². The van der Waals surface area contributed by atoms with E-state index in [1.165, 1.54) is 244 Å². The van der Waals surface area contributed by atoms with E-state index < -0.39 is 6.10 Å². The lowest BCUT2D eigenvalue weighted by molar-refractivity contribution is -0.167. The molecule has 0 aliphatic carbocycles. The molecule has 0 aromatic carbocycles. The van der Waals surface area contributed by atoms with Crippen LogP contribution >= 0.6 is 0 Å². The molecular formula is C71H130O6. The number of allylic oxidation sites excluding steroid dienone is 8. The van der Waals surface area contributed by atoms with E-state index in [2.05, 4.69) is 69.4 Å². The van der Waals surface area contributed by atoms with Gasteiger partial charge in [-0.05, 0) is 83.5 Å². The Morgan fingerprint density at radius 3 is 0.766 bits per heavy atom. The van der Waals surface area contributed by atoms with E-state index >= 15 is 0 Å². The maximum Gasteiger partial charge on any atom is 0.306 e. The van der Waals surface area contributed by atoms with Crippen LogP contribution in [0.5, 0.6) is 0 Å². The predicted octanol–water partition coefficient (Wildman–Crippen LogP) is 23.3. The van der Waals surface area contributed by atoms with E-state index in [1.807, 2.05) is 0 Å². The molecule has 0 fully saturated rings. The van der Waals surface area contributed by atoms with E-state index in [-0.39, 0.29) is 31.1 Å². The summed E-state index contributed by atoms with van der Waals surface area (Å²) in [5.41, 5.74) is 0. The Morgan fingerprint density at radius 1 is 0.260 bits per heavy atom. The van der Waals surface area contributed by atoms with Crippen LogP contribution in [0.2, 0.25) is 0 Å². The molecule has 0 aliphatic heterocycles. The highest BCUT2D eigenvalue weighted by Crippen LogP contribution is 2.18. The lowest BCUT2D eigenvalue weighted by Crippen LogP contribution is -2.30. The van der Waals surface area contributed by atoms with Crippen molar-refractivity contribution in [1.82, 2.24) is 0 Å². The fourth-order valence-electron chi connectivity index (χ4n) is 10.2. The van der Waals surface area contributed by atoms with Gasteiger partial charge < -0.3 is 14.2 Å². The summed E-state index contributed by atoms with van der Waals surface area (Å²) in [5.74, 6) is -0.875. The zero-order valence-corrected chi connectivity index (χ0v) is 51.7. The Bertz CT molecular complexity index is 1330. The molecule has 1 atom stereocenters. The van der Waals surface area contributed by atoms with Crippen LogP contribution < -0.4 is 0 Å². The Balaban J connectivity index is 4.34. The Morgan fingerprint density at radius 2 is 0.468 bits per heavy atom. The van der Waals surface area contributed by atoms with Crippen LogP contribution in [-0.2, 0) is 28.6 Å². The van der Waals surface area contributed by atoms with E-state index in [9.17, 15) is 14.4 Å². The van der Waals surface area contributed by atoms with Crippen molar-refractivity contribution in [3.05, 3.63) is 48.6 Å². The highest BCUT2D eigenvalue weighted by atomic mass is 16.6. The van der Waals surface area contributed by atoms with Crippen molar-refractivity contribution in [1.29, 1.82) is 0 Å². The third kappa shape index (κ3) is 64.1. The second-order valence-corrected chi connectivity index (χ2v) is 23.1. The summed E-state index contributed by atoms with van der Waals surface area (Å²) in [6.45, 7) is 6.66. The van der Waals surface area contributed by atoms with Crippen LogP contribution in [-0.4, -0.2) is 37.2 Å². The number of carbonyl (C=O) groups excluding carboxylic acids is 3. The average Bonchev–Trinajstić information content (AvgIpc) is 3.43. The summed E-state index contributed by atoms with van der Waals surface area (Å²) >= 11 is 0. The molecular weight excluding hydrogens is 949 g/mol. The van der Waals surface area contributed by atoms with E-state index in [4.69, 9.17) is 14.2 Å². The standard InChI is InChI=1S/C71H130O6/c1-4-7-10-13-16-19-22-25-28-31-33-35-37-40-43-46-49-52-55-58-61-64-70(73)76-67-68(66-75-69(72)63-60-57-54-51-48-45-42-39-30-27-24-21-18-15-12-9-6-3)77-71(74)65-62-59-56-53-50-47-44-41-38-36-34-32-29-26-23-20-17-14-11-8-5-2/h18,21,26-27,29-30,42,45,68H,4-17,19-20,22-25,28,31-41,43-44,46-67H2,1-3H3/b21-18-,29-26-,30-27-,45-42-/t68-/m1/s1. The summed E-state index contributed by atoms with van der Waals surface area (Å²) in [7, 11) is 0. The molecule has 0 amide bonds. The molecule has 0 saturated carbocycles. The van der Waals surface area contributed by atoms with Crippen molar-refractivity contribution in [2.24, 2.45) is 0 Å². The molecule has 0 aromatic rings. The van der Waals surface area contributed by atoms with Gasteiger partial charge >= 0.3 is 17.9 Å². The molecule has 6 heteroatoms. The number of hydrogen-bond donors (Lipinski definition) is 0. The van der Waals surface area contributed by atoms with Gasteiger partial charge in [0.2, 0.25) is 0 Å². The summed E-state index contributed by atoms with van der Waals surface area (Å²) in [5, 5.41) is 0. The normalized spacial score (nSPS) is 12.3. The van der Waals surface area contributed by atoms with Crippen molar-refractivity contribution in [3.8, 4) is 0 Å². The van der Waals surface area contributed by atoms with Crippen LogP contribution in [0.3, 0.4) is 0 Å². The SMILES string of the molecule is CCCCC/C=C\C/C=C\C/C=C\CCCCCCC(=O)OC[C@H](COC(=O)CCCCCCCCCCCCCCCCCCCCCCC)OC(=O)CCCCCCCCCCCCC/C=C\CCCCCCCC. The summed E-state index contributed by atoms with van der Waals surface area (Å²) in [6, 6.07) is 0. The Kier molecular flexibility index (Phi) is 63.6. The molecule has 0 aromatic heterocycles. The van der Waals surface area contributed by atoms with Gasteiger partial charge in [0.05, 0.1) is 0 Å². The van der Waals surface area contributed by atoms with Gasteiger partial charge in [-0.3, -0.25) is 14.4 Å². The van der Waals surface area contributed by atoms with Crippen molar-refractivity contribution in [2.45, 2.75) is 374 Å². The zero-order chi connectivity index (χ0) is 55.7. The summed E-state index contributed by atoms with van der Waals surface area (Å²) in [4.78, 5) is 38.4. The fraction of sp³-hybridized carbons (Fsp3) is 0.845.